The summed E-state index contributed by atoms with van der Waals surface area (Å²) in [6.07, 6.45) is 3.95. The van der Waals surface area contributed by atoms with Crippen LogP contribution in [-0.2, 0) is 19.6 Å². The summed E-state index contributed by atoms with van der Waals surface area (Å²) >= 11 is 6.10. The number of sulfonamides is 1. The van der Waals surface area contributed by atoms with Crippen molar-refractivity contribution in [3.8, 4) is 0 Å². The van der Waals surface area contributed by atoms with Crippen LogP contribution in [0.4, 0.5) is 5.69 Å². The van der Waals surface area contributed by atoms with Gasteiger partial charge in [-0.25, -0.2) is 8.42 Å². The van der Waals surface area contributed by atoms with E-state index in [1.807, 2.05) is 0 Å². The van der Waals surface area contributed by atoms with Gasteiger partial charge in [0, 0.05) is 31.1 Å². The first kappa shape index (κ1) is 20.0. The van der Waals surface area contributed by atoms with Gasteiger partial charge in [-0.1, -0.05) is 17.7 Å². The Kier molecular flexibility index (Phi) is 7.10. The molecule has 1 aliphatic rings. The molecule has 0 radical (unpaired) electrons. The lowest BCUT2D eigenvalue weighted by Crippen LogP contribution is -2.34. The standard InChI is InChI=1S/C17H25ClN2O4S/c1-13-15(18)7-3-8-16(13)20(25(2,22)23)10-4-9-17(21)19-12-14-6-5-11-24-14/h3,7-8,14H,4-6,9-12H2,1-2H3,(H,19,21)/t14-/m0/s1. The topological polar surface area (TPSA) is 75.7 Å². The number of carbonyl (C=O) groups excluding carboxylic acids is 1. The largest absolute Gasteiger partial charge is 0.376 e. The smallest absolute Gasteiger partial charge is 0.232 e. The monoisotopic (exact) mass is 388 g/mol. The zero-order chi connectivity index (χ0) is 18.4. The maximum atomic E-state index is 12.1. The summed E-state index contributed by atoms with van der Waals surface area (Å²) in [5.74, 6) is -0.0910. The molecule has 1 amide bonds. The first-order valence-corrected chi connectivity index (χ1v) is 10.6. The molecule has 140 valence electrons. The van der Waals surface area contributed by atoms with E-state index in [2.05, 4.69) is 5.32 Å². The van der Waals surface area contributed by atoms with Crippen molar-refractivity contribution in [2.24, 2.45) is 0 Å². The lowest BCUT2D eigenvalue weighted by atomic mass is 10.2. The molecule has 1 saturated heterocycles. The Morgan fingerprint density at radius 2 is 2.20 bits per heavy atom. The number of ether oxygens (including phenoxy) is 1. The molecule has 2 rings (SSSR count). The molecule has 0 unspecified atom stereocenters. The van der Waals surface area contributed by atoms with Gasteiger partial charge in [0.15, 0.2) is 0 Å². The van der Waals surface area contributed by atoms with E-state index in [0.717, 1.165) is 25.7 Å². The summed E-state index contributed by atoms with van der Waals surface area (Å²) < 4.78 is 31.0. The highest BCUT2D eigenvalue weighted by atomic mass is 35.5. The molecule has 0 aromatic heterocycles. The quantitative estimate of drug-likeness (QED) is 0.742. The minimum Gasteiger partial charge on any atom is -0.376 e. The summed E-state index contributed by atoms with van der Waals surface area (Å²) in [4.78, 5) is 11.9. The van der Waals surface area contributed by atoms with E-state index < -0.39 is 10.0 Å². The lowest BCUT2D eigenvalue weighted by molar-refractivity contribution is -0.121. The average molecular weight is 389 g/mol. The second-order valence-electron chi connectivity index (χ2n) is 6.26. The van der Waals surface area contributed by atoms with Crippen molar-refractivity contribution in [3.63, 3.8) is 0 Å². The maximum absolute atomic E-state index is 12.1. The van der Waals surface area contributed by atoms with Crippen LogP contribution in [0.25, 0.3) is 0 Å². The van der Waals surface area contributed by atoms with E-state index in [-0.39, 0.29) is 25.0 Å². The third-order valence-electron chi connectivity index (χ3n) is 4.22. The zero-order valence-electron chi connectivity index (χ0n) is 14.6. The molecule has 25 heavy (non-hydrogen) atoms. The Morgan fingerprint density at radius 1 is 1.44 bits per heavy atom. The summed E-state index contributed by atoms with van der Waals surface area (Å²) in [6, 6.07) is 5.16. The first-order chi connectivity index (χ1) is 11.8. The number of nitrogens with one attached hydrogen (secondary N) is 1. The third-order valence-corrected chi connectivity index (χ3v) is 5.81. The second kappa shape index (κ2) is 8.87. The molecule has 8 heteroatoms. The maximum Gasteiger partial charge on any atom is 0.232 e. The van der Waals surface area contributed by atoms with Crippen molar-refractivity contribution in [2.75, 3.05) is 30.3 Å². The summed E-state index contributed by atoms with van der Waals surface area (Å²) in [5, 5.41) is 3.36. The van der Waals surface area contributed by atoms with E-state index in [4.69, 9.17) is 16.3 Å². The molecule has 0 aliphatic carbocycles. The number of hydrogen-bond donors (Lipinski definition) is 1. The van der Waals surface area contributed by atoms with Crippen LogP contribution in [0.15, 0.2) is 18.2 Å². The highest BCUT2D eigenvalue weighted by molar-refractivity contribution is 7.92. The highest BCUT2D eigenvalue weighted by Crippen LogP contribution is 2.28. The molecule has 0 saturated carbocycles. The molecule has 1 atom stereocenters. The van der Waals surface area contributed by atoms with Gasteiger partial charge in [0.1, 0.15) is 0 Å². The number of rotatable bonds is 8. The van der Waals surface area contributed by atoms with Crippen molar-refractivity contribution in [2.45, 2.75) is 38.7 Å². The summed E-state index contributed by atoms with van der Waals surface area (Å²) in [6.45, 7) is 3.28. The van der Waals surface area contributed by atoms with Crippen molar-refractivity contribution >= 4 is 33.2 Å². The van der Waals surface area contributed by atoms with E-state index in [1.54, 1.807) is 25.1 Å². The predicted molar refractivity (Wildman–Crippen MR) is 99.6 cm³/mol. The molecule has 1 aromatic carbocycles. The van der Waals surface area contributed by atoms with Gasteiger partial charge in [0.25, 0.3) is 0 Å². The van der Waals surface area contributed by atoms with Gasteiger partial charge in [0.2, 0.25) is 15.9 Å². The van der Waals surface area contributed by atoms with Crippen LogP contribution < -0.4 is 9.62 Å². The number of hydrogen-bond acceptors (Lipinski definition) is 4. The number of halogens is 1. The van der Waals surface area contributed by atoms with Crippen LogP contribution in [0.1, 0.15) is 31.2 Å². The molecule has 0 spiro atoms. The molecule has 1 heterocycles. The SMILES string of the molecule is Cc1c(Cl)cccc1N(CCCC(=O)NC[C@@H]1CCCO1)S(C)(=O)=O. The zero-order valence-corrected chi connectivity index (χ0v) is 16.2. The highest BCUT2D eigenvalue weighted by Gasteiger charge is 2.21. The lowest BCUT2D eigenvalue weighted by Gasteiger charge is -2.24. The second-order valence-corrected chi connectivity index (χ2v) is 8.58. The fraction of sp³-hybridized carbons (Fsp3) is 0.588. The van der Waals surface area contributed by atoms with Crippen LogP contribution in [0.3, 0.4) is 0 Å². The Morgan fingerprint density at radius 3 is 2.84 bits per heavy atom. The van der Waals surface area contributed by atoms with Gasteiger partial charge in [-0.3, -0.25) is 9.10 Å². The minimum atomic E-state index is -3.46. The van der Waals surface area contributed by atoms with Gasteiger partial charge >= 0.3 is 0 Å². The number of anilines is 1. The molecular weight excluding hydrogens is 364 g/mol. The fourth-order valence-corrected chi connectivity index (χ4v) is 4.02. The molecule has 1 fully saturated rings. The number of carbonyl (C=O) groups is 1. The fourth-order valence-electron chi connectivity index (χ4n) is 2.84. The van der Waals surface area contributed by atoms with Crippen LogP contribution in [0.2, 0.25) is 5.02 Å². The van der Waals surface area contributed by atoms with Gasteiger partial charge in [0.05, 0.1) is 18.0 Å². The van der Waals surface area contributed by atoms with Gasteiger partial charge in [-0.2, -0.15) is 0 Å². The molecule has 6 nitrogen and oxygen atoms in total. The molecule has 1 N–H and O–H groups in total. The van der Waals surface area contributed by atoms with Crippen LogP contribution in [-0.4, -0.2) is 46.4 Å². The predicted octanol–water partition coefficient (Wildman–Crippen LogP) is 2.49. The van der Waals surface area contributed by atoms with Gasteiger partial charge in [-0.15, -0.1) is 0 Å². The van der Waals surface area contributed by atoms with Crippen molar-refractivity contribution < 1.29 is 17.9 Å². The van der Waals surface area contributed by atoms with Crippen molar-refractivity contribution in [1.82, 2.24) is 5.32 Å². The first-order valence-electron chi connectivity index (χ1n) is 8.40. The molecule has 1 aromatic rings. The molecule has 0 bridgehead atoms. The average Bonchev–Trinajstić information content (AvgIpc) is 3.05. The Balaban J connectivity index is 1.90. The Hall–Kier alpha value is -1.31. The van der Waals surface area contributed by atoms with Crippen LogP contribution in [0, 0.1) is 6.92 Å². The van der Waals surface area contributed by atoms with Gasteiger partial charge in [-0.05, 0) is 43.9 Å². The van der Waals surface area contributed by atoms with Crippen molar-refractivity contribution in [1.29, 1.82) is 0 Å². The van der Waals surface area contributed by atoms with E-state index in [9.17, 15) is 13.2 Å². The van der Waals surface area contributed by atoms with E-state index in [1.165, 1.54) is 4.31 Å². The van der Waals surface area contributed by atoms with E-state index >= 15 is 0 Å². The normalized spacial score (nSPS) is 17.5. The van der Waals surface area contributed by atoms with Crippen LogP contribution in [0.5, 0.6) is 0 Å². The number of amides is 1. The Labute approximate surface area is 154 Å². The number of nitrogens with zero attached hydrogens (tertiary/aromatic N) is 1. The van der Waals surface area contributed by atoms with Crippen LogP contribution >= 0.6 is 11.6 Å². The minimum absolute atomic E-state index is 0.0910. The number of benzene rings is 1. The van der Waals surface area contributed by atoms with Crippen molar-refractivity contribution in [3.05, 3.63) is 28.8 Å². The Bertz CT molecular complexity index is 703. The third kappa shape index (κ3) is 5.87. The molecule has 1 aliphatic heterocycles. The summed E-state index contributed by atoms with van der Waals surface area (Å²) in [5.41, 5.74) is 1.26. The molecular formula is C17H25ClN2O4S. The van der Waals surface area contributed by atoms with E-state index in [0.29, 0.717) is 29.2 Å². The van der Waals surface area contributed by atoms with Gasteiger partial charge < -0.3 is 10.1 Å². The summed E-state index contributed by atoms with van der Waals surface area (Å²) in [7, 11) is -3.46.